The summed E-state index contributed by atoms with van der Waals surface area (Å²) in [6.45, 7) is 3.43. The number of carbonyl (C=O) groups excluding carboxylic acids is 1. The summed E-state index contributed by atoms with van der Waals surface area (Å²) in [6, 6.07) is 3.84. The van der Waals surface area contributed by atoms with Crippen molar-refractivity contribution in [1.29, 1.82) is 0 Å². The fourth-order valence-electron chi connectivity index (χ4n) is 3.33. The van der Waals surface area contributed by atoms with Gasteiger partial charge in [-0.2, -0.15) is 0 Å². The number of ether oxygens (including phenoxy) is 1. The molecule has 23 heavy (non-hydrogen) atoms. The van der Waals surface area contributed by atoms with Gasteiger partial charge in [0.15, 0.2) is 5.82 Å². The quantitative estimate of drug-likeness (QED) is 0.829. The van der Waals surface area contributed by atoms with E-state index in [0.717, 1.165) is 36.6 Å². The molecule has 2 aromatic heterocycles. The van der Waals surface area contributed by atoms with Gasteiger partial charge in [-0.25, -0.2) is 0 Å². The number of aromatic nitrogens is 4. The van der Waals surface area contributed by atoms with Gasteiger partial charge in [-0.15, -0.1) is 10.2 Å². The first-order valence-corrected chi connectivity index (χ1v) is 8.04. The Kier molecular flexibility index (Phi) is 3.78. The molecule has 0 N–H and O–H groups in total. The molecular formula is C16H19N5O2. The molecule has 0 aliphatic carbocycles. The summed E-state index contributed by atoms with van der Waals surface area (Å²) >= 11 is 0. The second kappa shape index (κ2) is 6.08. The van der Waals surface area contributed by atoms with E-state index in [1.54, 1.807) is 12.4 Å². The third-order valence-corrected chi connectivity index (χ3v) is 4.52. The fraction of sp³-hybridized carbons (Fsp3) is 0.500. The number of amides is 1. The van der Waals surface area contributed by atoms with E-state index < -0.39 is 0 Å². The Bertz CT molecular complexity index is 694. The van der Waals surface area contributed by atoms with Gasteiger partial charge in [0.2, 0.25) is 5.91 Å². The van der Waals surface area contributed by atoms with Crippen LogP contribution in [0.4, 0.5) is 0 Å². The lowest BCUT2D eigenvalue weighted by Gasteiger charge is -2.31. The van der Waals surface area contributed by atoms with Crippen LogP contribution in [0.25, 0.3) is 11.4 Å². The first-order valence-electron chi connectivity index (χ1n) is 8.04. The lowest BCUT2D eigenvalue weighted by atomic mass is 9.96. The minimum Gasteiger partial charge on any atom is -0.378 e. The average molecular weight is 313 g/mol. The van der Waals surface area contributed by atoms with Crippen molar-refractivity contribution in [3.63, 3.8) is 0 Å². The van der Waals surface area contributed by atoms with Gasteiger partial charge >= 0.3 is 0 Å². The summed E-state index contributed by atoms with van der Waals surface area (Å²) in [6.07, 6.45) is 5.29. The maximum Gasteiger partial charge on any atom is 0.233 e. The molecule has 1 fully saturated rings. The smallest absolute Gasteiger partial charge is 0.233 e. The van der Waals surface area contributed by atoms with Gasteiger partial charge in [-0.05, 0) is 25.0 Å². The standard InChI is InChI=1S/C16H19N5O2/c22-16(20-8-10-23-11-9-20)13-2-1-7-21-14(18-19-15(13)21)12-3-5-17-6-4-12/h3-6,13H,1-2,7-11H2. The Hall–Kier alpha value is -2.28. The lowest BCUT2D eigenvalue weighted by molar-refractivity contribution is -0.137. The van der Waals surface area contributed by atoms with E-state index >= 15 is 0 Å². The number of pyridine rings is 1. The number of carbonyl (C=O) groups is 1. The summed E-state index contributed by atoms with van der Waals surface area (Å²) in [4.78, 5) is 18.8. The minimum atomic E-state index is -0.190. The Morgan fingerprint density at radius 2 is 1.91 bits per heavy atom. The van der Waals surface area contributed by atoms with Gasteiger partial charge in [0.1, 0.15) is 5.82 Å². The molecule has 0 saturated carbocycles. The molecule has 0 aromatic carbocycles. The van der Waals surface area contributed by atoms with Crippen LogP contribution in [0.2, 0.25) is 0 Å². The van der Waals surface area contributed by atoms with Crippen molar-refractivity contribution in [2.24, 2.45) is 0 Å². The third-order valence-electron chi connectivity index (χ3n) is 4.52. The van der Waals surface area contributed by atoms with Gasteiger partial charge < -0.3 is 14.2 Å². The van der Waals surface area contributed by atoms with E-state index in [9.17, 15) is 4.79 Å². The summed E-state index contributed by atoms with van der Waals surface area (Å²) < 4.78 is 7.42. The highest BCUT2D eigenvalue weighted by Gasteiger charge is 2.34. The molecule has 2 aromatic rings. The maximum atomic E-state index is 12.8. The Morgan fingerprint density at radius 1 is 1.13 bits per heavy atom. The summed E-state index contributed by atoms with van der Waals surface area (Å²) in [5.41, 5.74) is 0.984. The Balaban J connectivity index is 1.64. The van der Waals surface area contributed by atoms with Gasteiger partial charge in [0.25, 0.3) is 0 Å². The zero-order chi connectivity index (χ0) is 15.6. The minimum absolute atomic E-state index is 0.155. The van der Waals surface area contributed by atoms with Crippen molar-refractivity contribution < 1.29 is 9.53 Å². The van der Waals surface area contributed by atoms with Gasteiger partial charge in [0, 0.05) is 37.6 Å². The Morgan fingerprint density at radius 3 is 2.70 bits per heavy atom. The summed E-state index contributed by atoms with van der Waals surface area (Å²) in [5.74, 6) is 1.58. The molecule has 2 aliphatic rings. The molecule has 0 radical (unpaired) electrons. The SMILES string of the molecule is O=C(C1CCCn2c(-c3ccncc3)nnc21)N1CCOCC1. The average Bonchev–Trinajstić information content (AvgIpc) is 3.07. The number of fused-ring (bicyclic) bond motifs is 1. The van der Waals surface area contributed by atoms with Crippen molar-refractivity contribution in [2.75, 3.05) is 26.3 Å². The van der Waals surface area contributed by atoms with Crippen LogP contribution in [0.5, 0.6) is 0 Å². The van der Waals surface area contributed by atoms with Crippen molar-refractivity contribution in [2.45, 2.75) is 25.3 Å². The first kappa shape index (κ1) is 14.3. The highest BCUT2D eigenvalue weighted by Crippen LogP contribution is 2.31. The molecule has 1 atom stereocenters. The van der Waals surface area contributed by atoms with Crippen LogP contribution in [0.15, 0.2) is 24.5 Å². The van der Waals surface area contributed by atoms with E-state index in [1.165, 1.54) is 0 Å². The van der Waals surface area contributed by atoms with Crippen molar-refractivity contribution in [1.82, 2.24) is 24.6 Å². The number of rotatable bonds is 2. The number of hydrogen-bond donors (Lipinski definition) is 0. The molecule has 7 nitrogen and oxygen atoms in total. The second-order valence-corrected chi connectivity index (χ2v) is 5.90. The zero-order valence-electron chi connectivity index (χ0n) is 12.9. The predicted octanol–water partition coefficient (Wildman–Crippen LogP) is 1.08. The highest BCUT2D eigenvalue weighted by atomic mass is 16.5. The van der Waals surface area contributed by atoms with E-state index in [4.69, 9.17) is 4.74 Å². The third kappa shape index (κ3) is 2.61. The number of morpholine rings is 1. The topological polar surface area (TPSA) is 73.1 Å². The summed E-state index contributed by atoms with van der Waals surface area (Å²) in [7, 11) is 0. The highest BCUT2D eigenvalue weighted by molar-refractivity contribution is 5.83. The molecule has 4 heterocycles. The molecule has 0 spiro atoms. The van der Waals surface area contributed by atoms with E-state index in [1.807, 2.05) is 17.0 Å². The fourth-order valence-corrected chi connectivity index (χ4v) is 3.33. The molecule has 2 aliphatic heterocycles. The molecule has 1 saturated heterocycles. The zero-order valence-corrected chi connectivity index (χ0v) is 12.9. The molecule has 7 heteroatoms. The normalized spacial score (nSPS) is 21.0. The maximum absolute atomic E-state index is 12.8. The molecule has 0 bridgehead atoms. The van der Waals surface area contributed by atoms with Crippen LogP contribution >= 0.6 is 0 Å². The van der Waals surface area contributed by atoms with Crippen LogP contribution in [0.1, 0.15) is 24.6 Å². The van der Waals surface area contributed by atoms with Crippen LogP contribution in [0.3, 0.4) is 0 Å². The van der Waals surface area contributed by atoms with Gasteiger partial charge in [-0.1, -0.05) is 0 Å². The van der Waals surface area contributed by atoms with E-state index in [2.05, 4.69) is 19.7 Å². The van der Waals surface area contributed by atoms with Crippen LogP contribution in [-0.2, 0) is 16.1 Å². The van der Waals surface area contributed by atoms with Gasteiger partial charge in [0.05, 0.1) is 19.1 Å². The number of hydrogen-bond acceptors (Lipinski definition) is 5. The van der Waals surface area contributed by atoms with Crippen molar-refractivity contribution in [3.05, 3.63) is 30.4 Å². The molecule has 1 amide bonds. The van der Waals surface area contributed by atoms with Crippen LogP contribution in [-0.4, -0.2) is 56.9 Å². The van der Waals surface area contributed by atoms with E-state index in [-0.39, 0.29) is 11.8 Å². The number of nitrogens with zero attached hydrogens (tertiary/aromatic N) is 5. The molecule has 1 unspecified atom stereocenters. The molecule has 4 rings (SSSR count). The largest absolute Gasteiger partial charge is 0.378 e. The van der Waals surface area contributed by atoms with Crippen LogP contribution in [0, 0.1) is 0 Å². The first-order chi connectivity index (χ1) is 11.3. The lowest BCUT2D eigenvalue weighted by Crippen LogP contribution is -2.44. The van der Waals surface area contributed by atoms with Crippen molar-refractivity contribution >= 4 is 5.91 Å². The molecule has 120 valence electrons. The Labute approximate surface area is 134 Å². The predicted molar refractivity (Wildman–Crippen MR) is 82.6 cm³/mol. The monoisotopic (exact) mass is 313 g/mol. The molecular weight excluding hydrogens is 294 g/mol. The second-order valence-electron chi connectivity index (χ2n) is 5.90. The van der Waals surface area contributed by atoms with Crippen LogP contribution < -0.4 is 0 Å². The van der Waals surface area contributed by atoms with Gasteiger partial charge in [-0.3, -0.25) is 9.78 Å². The van der Waals surface area contributed by atoms with Crippen molar-refractivity contribution in [3.8, 4) is 11.4 Å². The summed E-state index contributed by atoms with van der Waals surface area (Å²) in [5, 5.41) is 8.68. The van der Waals surface area contributed by atoms with E-state index in [0.29, 0.717) is 26.3 Å².